The largest absolute Gasteiger partial charge is 0.416 e. The molecule has 0 spiro atoms. The van der Waals surface area contributed by atoms with Gasteiger partial charge < -0.3 is 4.40 Å². The quantitative estimate of drug-likeness (QED) is 0.612. The lowest BCUT2D eigenvalue weighted by molar-refractivity contribution is -0.137. The van der Waals surface area contributed by atoms with Crippen molar-refractivity contribution in [1.29, 1.82) is 0 Å². The summed E-state index contributed by atoms with van der Waals surface area (Å²) in [6.07, 6.45) is -1.91. The molecule has 0 N–H and O–H groups in total. The van der Waals surface area contributed by atoms with E-state index in [9.17, 15) is 22.0 Å². The first-order valence-corrected chi connectivity index (χ1v) is 5.86. The van der Waals surface area contributed by atoms with Crippen molar-refractivity contribution in [2.75, 3.05) is 0 Å². The van der Waals surface area contributed by atoms with Crippen LogP contribution in [0.25, 0.3) is 16.9 Å². The molecule has 3 rings (SSSR count). The topological polar surface area (TPSA) is 17.3 Å². The zero-order valence-corrected chi connectivity index (χ0v) is 10.3. The lowest BCUT2D eigenvalue weighted by Gasteiger charge is -2.05. The fourth-order valence-corrected chi connectivity index (χ4v) is 1.99. The van der Waals surface area contributed by atoms with Crippen molar-refractivity contribution in [3.8, 4) is 11.3 Å². The van der Waals surface area contributed by atoms with E-state index in [0.717, 1.165) is 18.2 Å². The molecule has 2 heterocycles. The standard InChI is InChI=1S/C14H7F5N2/c15-9-1-2-10(11(16)6-9)12-7-21-4-3-8(14(17,18)19)5-13(21)20-12/h1-7H. The first-order valence-electron chi connectivity index (χ1n) is 5.86. The van der Waals surface area contributed by atoms with Crippen LogP contribution < -0.4 is 0 Å². The van der Waals surface area contributed by atoms with Gasteiger partial charge in [0.1, 0.15) is 17.3 Å². The van der Waals surface area contributed by atoms with Crippen LogP contribution in [0.5, 0.6) is 0 Å². The lowest BCUT2D eigenvalue weighted by atomic mass is 10.1. The second-order valence-electron chi connectivity index (χ2n) is 4.43. The zero-order valence-electron chi connectivity index (χ0n) is 10.3. The van der Waals surface area contributed by atoms with Crippen LogP contribution in [0, 0.1) is 11.6 Å². The molecule has 0 aliphatic heterocycles. The molecule has 0 unspecified atom stereocenters. The Labute approximate surface area is 115 Å². The molecule has 3 aromatic rings. The van der Waals surface area contributed by atoms with Gasteiger partial charge in [0.05, 0.1) is 11.3 Å². The molecule has 108 valence electrons. The van der Waals surface area contributed by atoms with Crippen LogP contribution in [-0.4, -0.2) is 9.38 Å². The molecule has 0 radical (unpaired) electrons. The lowest BCUT2D eigenvalue weighted by Crippen LogP contribution is -2.05. The Bertz CT molecular complexity index is 820. The molecule has 7 heteroatoms. The van der Waals surface area contributed by atoms with Crippen LogP contribution >= 0.6 is 0 Å². The maximum Gasteiger partial charge on any atom is 0.416 e. The summed E-state index contributed by atoms with van der Waals surface area (Å²) in [5, 5.41) is 0. The van der Waals surface area contributed by atoms with E-state index in [4.69, 9.17) is 0 Å². The number of pyridine rings is 1. The second kappa shape index (κ2) is 4.54. The van der Waals surface area contributed by atoms with Crippen LogP contribution in [0.4, 0.5) is 22.0 Å². The molecule has 0 atom stereocenters. The van der Waals surface area contributed by atoms with E-state index in [1.807, 2.05) is 0 Å². The Morgan fingerprint density at radius 2 is 1.76 bits per heavy atom. The van der Waals surface area contributed by atoms with Crippen LogP contribution in [0.1, 0.15) is 5.56 Å². The summed E-state index contributed by atoms with van der Waals surface area (Å²) in [6.45, 7) is 0. The summed E-state index contributed by atoms with van der Waals surface area (Å²) in [6, 6.07) is 4.71. The number of benzene rings is 1. The van der Waals surface area contributed by atoms with Crippen LogP contribution in [0.15, 0.2) is 42.7 Å². The molecule has 0 saturated carbocycles. The Balaban J connectivity index is 2.13. The van der Waals surface area contributed by atoms with Crippen molar-refractivity contribution < 1.29 is 22.0 Å². The molecule has 2 nitrogen and oxygen atoms in total. The summed E-state index contributed by atoms with van der Waals surface area (Å²) < 4.78 is 65.7. The van der Waals surface area contributed by atoms with Crippen molar-refractivity contribution in [2.45, 2.75) is 6.18 Å². The Kier molecular flexibility index (Phi) is 2.93. The van der Waals surface area contributed by atoms with Gasteiger partial charge in [-0.05, 0) is 24.3 Å². The summed E-state index contributed by atoms with van der Waals surface area (Å²) in [7, 11) is 0. The summed E-state index contributed by atoms with van der Waals surface area (Å²) in [4.78, 5) is 3.95. The minimum absolute atomic E-state index is 0.0219. The van der Waals surface area contributed by atoms with Gasteiger partial charge in [0.2, 0.25) is 0 Å². The fourth-order valence-electron chi connectivity index (χ4n) is 1.99. The molecule has 0 aliphatic rings. The fraction of sp³-hybridized carbons (Fsp3) is 0.0714. The SMILES string of the molecule is Fc1ccc(-c2cn3ccc(C(F)(F)F)cc3n2)c(F)c1. The summed E-state index contributed by atoms with van der Waals surface area (Å²) in [5.74, 6) is -1.56. The average molecular weight is 298 g/mol. The normalized spacial score (nSPS) is 12.0. The van der Waals surface area contributed by atoms with E-state index in [1.165, 1.54) is 22.9 Å². The number of rotatable bonds is 1. The van der Waals surface area contributed by atoms with Crippen molar-refractivity contribution in [1.82, 2.24) is 9.38 Å². The molecular formula is C14H7F5N2. The Morgan fingerprint density at radius 1 is 1.00 bits per heavy atom. The number of imidazole rings is 1. The van der Waals surface area contributed by atoms with Gasteiger partial charge in [-0.2, -0.15) is 13.2 Å². The molecule has 0 bridgehead atoms. The third-order valence-electron chi connectivity index (χ3n) is 2.99. The Hall–Kier alpha value is -2.44. The van der Waals surface area contributed by atoms with Gasteiger partial charge in [0, 0.05) is 24.0 Å². The van der Waals surface area contributed by atoms with E-state index in [1.54, 1.807) is 0 Å². The van der Waals surface area contributed by atoms with Gasteiger partial charge in [0.25, 0.3) is 0 Å². The predicted octanol–water partition coefficient (Wildman–Crippen LogP) is 4.30. The zero-order chi connectivity index (χ0) is 15.2. The number of aromatic nitrogens is 2. The highest BCUT2D eigenvalue weighted by Gasteiger charge is 2.30. The minimum atomic E-state index is -4.48. The van der Waals surface area contributed by atoms with Crippen LogP contribution in [-0.2, 0) is 6.18 Å². The molecule has 21 heavy (non-hydrogen) atoms. The maximum absolute atomic E-state index is 13.7. The van der Waals surface area contributed by atoms with Crippen molar-refractivity contribution >= 4 is 5.65 Å². The van der Waals surface area contributed by atoms with E-state index >= 15 is 0 Å². The number of nitrogens with zero attached hydrogens (tertiary/aromatic N) is 2. The molecule has 2 aromatic heterocycles. The van der Waals surface area contributed by atoms with Crippen LogP contribution in [0.2, 0.25) is 0 Å². The number of fused-ring (bicyclic) bond motifs is 1. The molecule has 0 fully saturated rings. The summed E-state index contributed by atoms with van der Waals surface area (Å²) >= 11 is 0. The van der Waals surface area contributed by atoms with Gasteiger partial charge in [-0.25, -0.2) is 13.8 Å². The molecule has 0 amide bonds. The second-order valence-corrected chi connectivity index (χ2v) is 4.43. The Morgan fingerprint density at radius 3 is 2.43 bits per heavy atom. The highest BCUT2D eigenvalue weighted by molar-refractivity contribution is 5.63. The number of hydrogen-bond donors (Lipinski definition) is 0. The molecule has 0 aliphatic carbocycles. The van der Waals surface area contributed by atoms with Crippen molar-refractivity contribution in [2.24, 2.45) is 0 Å². The monoisotopic (exact) mass is 298 g/mol. The van der Waals surface area contributed by atoms with Gasteiger partial charge in [-0.3, -0.25) is 0 Å². The number of hydrogen-bond acceptors (Lipinski definition) is 1. The van der Waals surface area contributed by atoms with Crippen LogP contribution in [0.3, 0.4) is 0 Å². The van der Waals surface area contributed by atoms with E-state index in [-0.39, 0.29) is 16.9 Å². The van der Waals surface area contributed by atoms with Gasteiger partial charge in [0.15, 0.2) is 0 Å². The van der Waals surface area contributed by atoms with Crippen molar-refractivity contribution in [3.63, 3.8) is 0 Å². The first kappa shape index (κ1) is 13.5. The minimum Gasteiger partial charge on any atom is -0.306 e. The van der Waals surface area contributed by atoms with Gasteiger partial charge >= 0.3 is 6.18 Å². The van der Waals surface area contributed by atoms with E-state index in [2.05, 4.69) is 4.98 Å². The van der Waals surface area contributed by atoms with Crippen molar-refractivity contribution in [3.05, 3.63) is 59.9 Å². The number of alkyl halides is 3. The number of halogens is 5. The summed E-state index contributed by atoms with van der Waals surface area (Å²) in [5.41, 5.74) is -0.657. The van der Waals surface area contributed by atoms with Gasteiger partial charge in [-0.1, -0.05) is 0 Å². The molecule has 0 saturated heterocycles. The maximum atomic E-state index is 13.7. The third-order valence-corrected chi connectivity index (χ3v) is 2.99. The molecular weight excluding hydrogens is 291 g/mol. The molecule has 1 aromatic carbocycles. The van der Waals surface area contributed by atoms with E-state index < -0.39 is 23.4 Å². The highest BCUT2D eigenvalue weighted by Crippen LogP contribution is 2.30. The first-order chi connectivity index (χ1) is 9.84. The van der Waals surface area contributed by atoms with Gasteiger partial charge in [-0.15, -0.1) is 0 Å². The smallest absolute Gasteiger partial charge is 0.306 e. The average Bonchev–Trinajstić information content (AvgIpc) is 2.79. The highest BCUT2D eigenvalue weighted by atomic mass is 19.4. The predicted molar refractivity (Wildman–Crippen MR) is 65.5 cm³/mol. The third kappa shape index (κ3) is 2.46. The van der Waals surface area contributed by atoms with E-state index in [0.29, 0.717) is 6.07 Å².